The zero-order valence-electron chi connectivity index (χ0n) is 13.9. The van der Waals surface area contributed by atoms with E-state index in [1.807, 2.05) is 0 Å². The van der Waals surface area contributed by atoms with E-state index in [1.165, 1.54) is 19.1 Å². The van der Waals surface area contributed by atoms with E-state index in [1.54, 1.807) is 36.4 Å². The minimum Gasteiger partial charge on any atom is -0.326 e. The fourth-order valence-electron chi connectivity index (χ4n) is 2.34. The molecule has 0 saturated heterocycles. The second kappa shape index (κ2) is 7.56. The molecule has 3 rings (SSSR count). The van der Waals surface area contributed by atoms with E-state index in [0.29, 0.717) is 11.4 Å². The monoisotopic (exact) mass is 353 g/mol. The van der Waals surface area contributed by atoms with Crippen molar-refractivity contribution in [1.29, 1.82) is 0 Å². The van der Waals surface area contributed by atoms with E-state index in [-0.39, 0.29) is 35.3 Å². The number of halogens is 1. The van der Waals surface area contributed by atoms with Crippen molar-refractivity contribution in [2.45, 2.75) is 13.3 Å². The number of hydrogen-bond donors (Lipinski definition) is 3. The number of hydrogen-bond acceptors (Lipinski definition) is 5. The van der Waals surface area contributed by atoms with E-state index in [4.69, 9.17) is 0 Å². The van der Waals surface area contributed by atoms with Crippen molar-refractivity contribution in [3.63, 3.8) is 0 Å². The van der Waals surface area contributed by atoms with Gasteiger partial charge in [0.1, 0.15) is 11.5 Å². The van der Waals surface area contributed by atoms with Crippen LogP contribution in [0, 0.1) is 5.82 Å². The molecule has 0 aliphatic rings. The number of H-pyrrole nitrogens is 1. The van der Waals surface area contributed by atoms with E-state index in [9.17, 15) is 14.0 Å². The third kappa shape index (κ3) is 4.50. The molecule has 1 aromatic heterocycles. The van der Waals surface area contributed by atoms with Gasteiger partial charge in [0, 0.05) is 24.7 Å². The standard InChI is InChI=1S/C18H16FN5O2/c1-11(25)20-14-3-2-4-15(10-14)21-18-22-17(26)16(23-24-18)9-12-5-7-13(19)8-6-12/h2-8,10H,9H2,1H3,(H,20,25)(H2,21,22,24,26). The number of amides is 1. The summed E-state index contributed by atoms with van der Waals surface area (Å²) in [6.45, 7) is 1.42. The van der Waals surface area contributed by atoms with Crippen molar-refractivity contribution in [2.75, 3.05) is 10.6 Å². The number of anilines is 3. The fraction of sp³-hybridized carbons (Fsp3) is 0.111. The van der Waals surface area contributed by atoms with Gasteiger partial charge in [-0.25, -0.2) is 4.39 Å². The number of carbonyl (C=O) groups is 1. The lowest BCUT2D eigenvalue weighted by Crippen LogP contribution is -2.19. The van der Waals surface area contributed by atoms with Crippen LogP contribution in [0.15, 0.2) is 53.3 Å². The highest BCUT2D eigenvalue weighted by Gasteiger charge is 2.07. The molecule has 0 saturated carbocycles. The van der Waals surface area contributed by atoms with Gasteiger partial charge in [0.05, 0.1) is 0 Å². The molecule has 26 heavy (non-hydrogen) atoms. The topological polar surface area (TPSA) is 99.8 Å². The number of nitrogens with one attached hydrogen (secondary N) is 3. The Morgan fingerprint density at radius 2 is 1.85 bits per heavy atom. The average molecular weight is 353 g/mol. The number of benzene rings is 2. The van der Waals surface area contributed by atoms with Crippen molar-refractivity contribution < 1.29 is 9.18 Å². The van der Waals surface area contributed by atoms with E-state index in [2.05, 4.69) is 25.8 Å². The van der Waals surface area contributed by atoms with Crippen molar-refractivity contribution in [2.24, 2.45) is 0 Å². The van der Waals surface area contributed by atoms with Crippen molar-refractivity contribution >= 4 is 23.2 Å². The van der Waals surface area contributed by atoms with Gasteiger partial charge in [0.25, 0.3) is 5.56 Å². The normalized spacial score (nSPS) is 10.4. The molecule has 3 N–H and O–H groups in total. The average Bonchev–Trinajstić information content (AvgIpc) is 2.59. The molecular weight excluding hydrogens is 337 g/mol. The molecule has 0 radical (unpaired) electrons. The van der Waals surface area contributed by atoms with Crippen LogP contribution in [0.2, 0.25) is 0 Å². The maximum Gasteiger partial charge on any atom is 0.274 e. The van der Waals surface area contributed by atoms with Crippen LogP contribution in [0.3, 0.4) is 0 Å². The number of carbonyl (C=O) groups excluding carboxylic acids is 1. The smallest absolute Gasteiger partial charge is 0.274 e. The molecule has 1 amide bonds. The zero-order chi connectivity index (χ0) is 18.5. The Morgan fingerprint density at radius 3 is 2.54 bits per heavy atom. The van der Waals surface area contributed by atoms with E-state index < -0.39 is 0 Å². The SMILES string of the molecule is CC(=O)Nc1cccc(Nc2nnc(Cc3ccc(F)cc3)c(=O)[nH]2)c1. The number of aromatic amines is 1. The summed E-state index contributed by atoms with van der Waals surface area (Å²) in [4.78, 5) is 25.9. The quantitative estimate of drug-likeness (QED) is 0.655. The van der Waals surface area contributed by atoms with Crippen LogP contribution < -0.4 is 16.2 Å². The van der Waals surface area contributed by atoms with Gasteiger partial charge in [-0.15, -0.1) is 10.2 Å². The fourth-order valence-corrected chi connectivity index (χ4v) is 2.34. The Balaban J connectivity index is 1.74. The lowest BCUT2D eigenvalue weighted by molar-refractivity contribution is -0.114. The lowest BCUT2D eigenvalue weighted by Gasteiger charge is -2.08. The molecule has 0 aliphatic carbocycles. The first kappa shape index (κ1) is 17.3. The predicted octanol–water partition coefficient (Wildman–Crippen LogP) is 2.60. The van der Waals surface area contributed by atoms with E-state index >= 15 is 0 Å². The van der Waals surface area contributed by atoms with Crippen LogP contribution in [-0.4, -0.2) is 21.1 Å². The summed E-state index contributed by atoms with van der Waals surface area (Å²) in [5.41, 5.74) is 1.85. The Hall–Kier alpha value is -3.55. The molecule has 8 heteroatoms. The molecule has 0 fully saturated rings. The van der Waals surface area contributed by atoms with Crippen LogP contribution in [0.25, 0.3) is 0 Å². The molecule has 0 bridgehead atoms. The number of rotatable bonds is 5. The first-order valence-corrected chi connectivity index (χ1v) is 7.84. The molecule has 0 spiro atoms. The van der Waals surface area contributed by atoms with Gasteiger partial charge in [-0.1, -0.05) is 18.2 Å². The zero-order valence-corrected chi connectivity index (χ0v) is 13.9. The minimum atomic E-state index is -0.384. The number of aromatic nitrogens is 3. The van der Waals surface area contributed by atoms with Gasteiger partial charge < -0.3 is 10.6 Å². The van der Waals surface area contributed by atoms with Crippen LogP contribution >= 0.6 is 0 Å². The summed E-state index contributed by atoms with van der Waals surface area (Å²) in [5.74, 6) is -0.340. The molecule has 7 nitrogen and oxygen atoms in total. The van der Waals surface area contributed by atoms with Gasteiger partial charge >= 0.3 is 0 Å². The van der Waals surface area contributed by atoms with Gasteiger partial charge in [0.15, 0.2) is 0 Å². The molecule has 1 heterocycles. The first-order chi connectivity index (χ1) is 12.5. The van der Waals surface area contributed by atoms with E-state index in [0.717, 1.165) is 5.56 Å². The van der Waals surface area contributed by atoms with Crippen molar-refractivity contribution in [3.8, 4) is 0 Å². The highest BCUT2D eigenvalue weighted by atomic mass is 19.1. The van der Waals surface area contributed by atoms with Crippen molar-refractivity contribution in [1.82, 2.24) is 15.2 Å². The molecule has 3 aromatic rings. The molecule has 0 aliphatic heterocycles. The third-order valence-electron chi connectivity index (χ3n) is 3.50. The summed E-state index contributed by atoms with van der Waals surface area (Å²) < 4.78 is 12.9. The molecule has 2 aromatic carbocycles. The Labute approximate surface area is 148 Å². The Bertz CT molecular complexity index is 985. The third-order valence-corrected chi connectivity index (χ3v) is 3.50. The van der Waals surface area contributed by atoms with Gasteiger partial charge in [-0.2, -0.15) is 0 Å². The summed E-state index contributed by atoms with van der Waals surface area (Å²) in [6, 6.07) is 12.8. The first-order valence-electron chi connectivity index (χ1n) is 7.84. The highest BCUT2D eigenvalue weighted by molar-refractivity contribution is 5.89. The second-order valence-electron chi connectivity index (χ2n) is 5.64. The Morgan fingerprint density at radius 1 is 1.12 bits per heavy atom. The molecule has 132 valence electrons. The lowest BCUT2D eigenvalue weighted by atomic mass is 10.1. The van der Waals surface area contributed by atoms with Crippen LogP contribution in [-0.2, 0) is 11.2 Å². The largest absolute Gasteiger partial charge is 0.326 e. The minimum absolute atomic E-state index is 0.179. The maximum atomic E-state index is 12.9. The second-order valence-corrected chi connectivity index (χ2v) is 5.64. The predicted molar refractivity (Wildman–Crippen MR) is 95.9 cm³/mol. The molecule has 0 unspecified atom stereocenters. The maximum absolute atomic E-state index is 12.9. The van der Waals surface area contributed by atoms with Gasteiger partial charge in [0.2, 0.25) is 11.9 Å². The summed E-state index contributed by atoms with van der Waals surface area (Å²) in [5, 5.41) is 13.5. The number of nitrogens with zero attached hydrogens (tertiary/aromatic N) is 2. The van der Waals surface area contributed by atoms with Crippen LogP contribution in [0.4, 0.5) is 21.7 Å². The summed E-state index contributed by atoms with van der Waals surface area (Å²) in [7, 11) is 0. The Kier molecular flexibility index (Phi) is 5.02. The van der Waals surface area contributed by atoms with Crippen LogP contribution in [0.5, 0.6) is 0 Å². The van der Waals surface area contributed by atoms with Crippen LogP contribution in [0.1, 0.15) is 18.2 Å². The van der Waals surface area contributed by atoms with Crippen molar-refractivity contribution in [3.05, 3.63) is 76.0 Å². The molecular formula is C18H16FN5O2. The molecule has 0 atom stereocenters. The van der Waals surface area contributed by atoms with Gasteiger partial charge in [-0.3, -0.25) is 14.6 Å². The highest BCUT2D eigenvalue weighted by Crippen LogP contribution is 2.17. The summed E-state index contributed by atoms with van der Waals surface area (Å²) in [6.07, 6.45) is 0.251. The van der Waals surface area contributed by atoms with Gasteiger partial charge in [-0.05, 0) is 35.9 Å². The summed E-state index contributed by atoms with van der Waals surface area (Å²) >= 11 is 0.